The summed E-state index contributed by atoms with van der Waals surface area (Å²) in [6.07, 6.45) is 3.65. The maximum absolute atomic E-state index is 13.1. The monoisotopic (exact) mass is 400 g/mol. The summed E-state index contributed by atoms with van der Waals surface area (Å²) in [6, 6.07) is 16.1. The molecule has 0 radical (unpaired) electrons. The number of rotatable bonds is 9. The lowest BCUT2D eigenvalue weighted by molar-refractivity contribution is 0.0509. The first-order valence-electron chi connectivity index (χ1n) is 9.97. The van der Waals surface area contributed by atoms with Crippen molar-refractivity contribution in [2.75, 3.05) is 34.5 Å². The van der Waals surface area contributed by atoms with Crippen LogP contribution < -0.4 is 9.47 Å². The van der Waals surface area contributed by atoms with Gasteiger partial charge in [0.25, 0.3) is 0 Å². The number of allylic oxidation sites excluding steroid dienone is 1. The molecule has 156 valence electrons. The Hall–Kier alpha value is -2.37. The third kappa shape index (κ3) is 5.81. The fraction of sp³-hybridized carbons (Fsp3) is 0.417. The number of hydrogen-bond acceptors (Lipinski definition) is 4. The van der Waals surface area contributed by atoms with E-state index in [0.29, 0.717) is 0 Å². The van der Waals surface area contributed by atoms with E-state index in [1.54, 1.807) is 14.2 Å². The Morgan fingerprint density at radius 3 is 1.62 bits per heavy atom. The predicted octanol–water partition coefficient (Wildman–Crippen LogP) is 5.61. The molecule has 0 amide bonds. The van der Waals surface area contributed by atoms with Crippen LogP contribution in [0, 0.1) is 5.92 Å². The van der Waals surface area contributed by atoms with Crippen LogP contribution in [0.15, 0.2) is 54.1 Å². The molecule has 0 spiro atoms. The average Bonchev–Trinajstić information content (AvgIpc) is 2.78. The Morgan fingerprint density at radius 2 is 1.24 bits per heavy atom. The molecule has 29 heavy (non-hydrogen) atoms. The number of benzene rings is 2. The summed E-state index contributed by atoms with van der Waals surface area (Å²) >= 11 is 0. The third-order valence-electron chi connectivity index (χ3n) is 5.25. The van der Waals surface area contributed by atoms with Crippen LogP contribution >= 0.6 is 0 Å². The lowest BCUT2D eigenvalue weighted by atomic mass is 9.81. The highest BCUT2D eigenvalue weighted by atomic mass is 19.1. The molecule has 3 rings (SSSR count). The van der Waals surface area contributed by atoms with Gasteiger partial charge in [0.05, 0.1) is 6.67 Å². The van der Waals surface area contributed by atoms with E-state index in [2.05, 4.69) is 24.3 Å². The molecule has 0 heterocycles. The number of halogens is 1. The molecule has 2 aromatic carbocycles. The zero-order chi connectivity index (χ0) is 20.5. The largest absolute Gasteiger partial charge is 0.468 e. The summed E-state index contributed by atoms with van der Waals surface area (Å²) in [5.41, 5.74) is 4.87. The zero-order valence-electron chi connectivity index (χ0n) is 17.2. The minimum Gasteiger partial charge on any atom is -0.468 e. The number of alkyl halides is 1. The van der Waals surface area contributed by atoms with Crippen molar-refractivity contribution >= 4 is 5.57 Å². The smallest absolute Gasteiger partial charge is 0.188 e. The van der Waals surface area contributed by atoms with Crippen LogP contribution in [0.25, 0.3) is 5.57 Å². The molecular weight excluding hydrogens is 371 g/mol. The maximum Gasteiger partial charge on any atom is 0.188 e. The summed E-state index contributed by atoms with van der Waals surface area (Å²) < 4.78 is 34.0. The Bertz CT molecular complexity index is 720. The van der Waals surface area contributed by atoms with Gasteiger partial charge in [-0.1, -0.05) is 29.8 Å². The van der Waals surface area contributed by atoms with Crippen molar-refractivity contribution in [3.63, 3.8) is 0 Å². The van der Waals surface area contributed by atoms with E-state index in [-0.39, 0.29) is 26.2 Å². The minimum absolute atomic E-state index is 0.189. The van der Waals surface area contributed by atoms with Gasteiger partial charge in [-0.2, -0.15) is 0 Å². The van der Waals surface area contributed by atoms with Crippen LogP contribution in [-0.2, 0) is 9.47 Å². The van der Waals surface area contributed by atoms with Crippen molar-refractivity contribution in [2.24, 2.45) is 5.92 Å². The molecule has 0 unspecified atom stereocenters. The molecule has 0 saturated heterocycles. The van der Waals surface area contributed by atoms with Gasteiger partial charge in [0.15, 0.2) is 13.6 Å². The first-order valence-corrected chi connectivity index (χ1v) is 9.97. The summed E-state index contributed by atoms with van der Waals surface area (Å²) in [5, 5.41) is 0. The molecule has 5 heteroatoms. The van der Waals surface area contributed by atoms with E-state index in [1.165, 1.54) is 11.1 Å². The van der Waals surface area contributed by atoms with Crippen molar-refractivity contribution in [1.29, 1.82) is 0 Å². The quantitative estimate of drug-likeness (QED) is 0.513. The van der Waals surface area contributed by atoms with Gasteiger partial charge in [0.2, 0.25) is 0 Å². The van der Waals surface area contributed by atoms with Gasteiger partial charge in [0.1, 0.15) is 11.5 Å². The Morgan fingerprint density at radius 1 is 0.793 bits per heavy atom. The van der Waals surface area contributed by atoms with Gasteiger partial charge >= 0.3 is 0 Å². The van der Waals surface area contributed by atoms with Crippen LogP contribution in [-0.4, -0.2) is 34.5 Å². The fourth-order valence-electron chi connectivity index (χ4n) is 3.69. The third-order valence-corrected chi connectivity index (χ3v) is 5.25. The number of ether oxygens (including phenoxy) is 4. The Labute approximate surface area is 172 Å². The molecule has 0 atom stereocenters. The molecule has 0 bridgehead atoms. The van der Waals surface area contributed by atoms with E-state index in [1.807, 2.05) is 24.3 Å². The molecule has 1 aliphatic rings. The number of methoxy groups -OCH3 is 2. The van der Waals surface area contributed by atoms with Gasteiger partial charge in [-0.3, -0.25) is 4.39 Å². The summed E-state index contributed by atoms with van der Waals surface area (Å²) in [4.78, 5) is 0. The lowest BCUT2D eigenvalue weighted by Gasteiger charge is -2.25. The second-order valence-electron chi connectivity index (χ2n) is 7.23. The van der Waals surface area contributed by atoms with Crippen molar-refractivity contribution in [2.45, 2.75) is 25.7 Å². The van der Waals surface area contributed by atoms with Crippen LogP contribution in [0.2, 0.25) is 0 Å². The molecule has 1 saturated carbocycles. The standard InChI is InChI=1S/C24H29FO4/c1-26-16-28-22-11-7-20(8-12-22)24(19-5-3-18(15-25)4-6-19)21-9-13-23(14-10-21)29-17-27-2/h7-14,18H,3-6,15-17H2,1-2H3. The highest BCUT2D eigenvalue weighted by Gasteiger charge is 2.20. The summed E-state index contributed by atoms with van der Waals surface area (Å²) in [7, 11) is 3.20. The molecule has 1 fully saturated rings. The van der Waals surface area contributed by atoms with Gasteiger partial charge in [-0.15, -0.1) is 0 Å². The van der Waals surface area contributed by atoms with Gasteiger partial charge in [-0.05, 0) is 72.6 Å². The van der Waals surface area contributed by atoms with Crippen LogP contribution in [0.1, 0.15) is 36.8 Å². The van der Waals surface area contributed by atoms with E-state index < -0.39 is 0 Å². The lowest BCUT2D eigenvalue weighted by Crippen LogP contribution is -2.11. The van der Waals surface area contributed by atoms with E-state index in [4.69, 9.17) is 18.9 Å². The van der Waals surface area contributed by atoms with Crippen molar-refractivity contribution in [3.05, 3.63) is 65.2 Å². The number of hydrogen-bond donors (Lipinski definition) is 0. The first kappa shape index (κ1) is 21.3. The van der Waals surface area contributed by atoms with Crippen molar-refractivity contribution < 1.29 is 23.3 Å². The Kier molecular flexibility index (Phi) is 8.08. The molecule has 2 aromatic rings. The molecule has 0 aromatic heterocycles. The highest BCUT2D eigenvalue weighted by molar-refractivity contribution is 5.82. The van der Waals surface area contributed by atoms with Crippen LogP contribution in [0.5, 0.6) is 11.5 Å². The Balaban J connectivity index is 1.90. The average molecular weight is 400 g/mol. The second kappa shape index (κ2) is 11.0. The van der Waals surface area contributed by atoms with Gasteiger partial charge < -0.3 is 18.9 Å². The minimum atomic E-state index is -0.223. The van der Waals surface area contributed by atoms with Gasteiger partial charge in [-0.25, -0.2) is 0 Å². The molecular formula is C24H29FO4. The molecule has 4 nitrogen and oxygen atoms in total. The first-order chi connectivity index (χ1) is 14.2. The SMILES string of the molecule is COCOc1ccc(C(=C2CCC(CF)CC2)c2ccc(OCOC)cc2)cc1. The highest BCUT2D eigenvalue weighted by Crippen LogP contribution is 2.38. The van der Waals surface area contributed by atoms with Crippen LogP contribution in [0.3, 0.4) is 0 Å². The van der Waals surface area contributed by atoms with Gasteiger partial charge in [0, 0.05) is 14.2 Å². The summed E-state index contributed by atoms with van der Waals surface area (Å²) in [6.45, 7) is 0.224. The zero-order valence-corrected chi connectivity index (χ0v) is 17.2. The topological polar surface area (TPSA) is 36.9 Å². The normalized spacial score (nSPS) is 16.5. The van der Waals surface area contributed by atoms with Crippen LogP contribution in [0.4, 0.5) is 4.39 Å². The van der Waals surface area contributed by atoms with Crippen molar-refractivity contribution in [1.82, 2.24) is 0 Å². The molecule has 1 aliphatic carbocycles. The maximum atomic E-state index is 13.1. The van der Waals surface area contributed by atoms with Crippen molar-refractivity contribution in [3.8, 4) is 11.5 Å². The summed E-state index contributed by atoms with van der Waals surface area (Å²) in [5.74, 6) is 1.73. The second-order valence-corrected chi connectivity index (χ2v) is 7.23. The molecule has 0 N–H and O–H groups in total. The van der Waals surface area contributed by atoms with E-state index in [9.17, 15) is 4.39 Å². The predicted molar refractivity (Wildman–Crippen MR) is 112 cm³/mol. The van der Waals surface area contributed by atoms with E-state index in [0.717, 1.165) is 48.3 Å². The fourth-order valence-corrected chi connectivity index (χ4v) is 3.69. The molecule has 0 aliphatic heterocycles. The van der Waals surface area contributed by atoms with E-state index >= 15 is 0 Å².